The molecule has 0 saturated carbocycles. The molecule has 1 heterocycles. The third-order valence-electron chi connectivity index (χ3n) is 4.89. The van der Waals surface area contributed by atoms with Gasteiger partial charge < -0.3 is 5.32 Å². The first-order valence-electron chi connectivity index (χ1n) is 7.95. The Balaban J connectivity index is 2.24. The lowest BCUT2D eigenvalue weighted by Crippen LogP contribution is -2.67. The van der Waals surface area contributed by atoms with Crippen LogP contribution in [-0.4, -0.2) is 30.1 Å². The fourth-order valence-electron chi connectivity index (χ4n) is 3.20. The molecule has 1 fully saturated rings. The number of rotatable bonds is 4. The largest absolute Gasteiger partial charge is 0.305 e. The molecule has 1 saturated heterocycles. The molecule has 0 bridgehead atoms. The highest BCUT2D eigenvalue weighted by molar-refractivity contribution is 5.25. The van der Waals surface area contributed by atoms with Gasteiger partial charge in [0.2, 0.25) is 0 Å². The Labute approximate surface area is 124 Å². The third-order valence-corrected chi connectivity index (χ3v) is 4.89. The van der Waals surface area contributed by atoms with Crippen LogP contribution >= 0.6 is 0 Å². The summed E-state index contributed by atoms with van der Waals surface area (Å²) in [6.07, 6.45) is 1.19. The van der Waals surface area contributed by atoms with E-state index in [1.165, 1.54) is 18.5 Å². The van der Waals surface area contributed by atoms with Gasteiger partial charge in [-0.2, -0.15) is 0 Å². The summed E-state index contributed by atoms with van der Waals surface area (Å²) >= 11 is 0. The zero-order valence-corrected chi connectivity index (χ0v) is 13.7. The van der Waals surface area contributed by atoms with Gasteiger partial charge in [-0.3, -0.25) is 4.90 Å². The smallest absolute Gasteiger partial charge is 0.0535 e. The number of hydrogen-bond donors (Lipinski definition) is 1. The number of benzene rings is 1. The SMILES string of the molecule is CCC1(C)CNC(C)(c2ccccc2)CN1CC(C)C. The van der Waals surface area contributed by atoms with E-state index in [0.717, 1.165) is 13.1 Å². The van der Waals surface area contributed by atoms with Gasteiger partial charge in [0.25, 0.3) is 0 Å². The normalized spacial score (nSPS) is 31.7. The summed E-state index contributed by atoms with van der Waals surface area (Å²) in [5, 5.41) is 3.81. The molecule has 2 heteroatoms. The highest BCUT2D eigenvalue weighted by Gasteiger charge is 2.42. The van der Waals surface area contributed by atoms with Gasteiger partial charge in [-0.1, -0.05) is 51.1 Å². The van der Waals surface area contributed by atoms with Crippen LogP contribution in [0, 0.1) is 5.92 Å². The maximum atomic E-state index is 3.81. The fraction of sp³-hybridized carbons (Fsp3) is 0.667. The van der Waals surface area contributed by atoms with Crippen LogP contribution in [0.2, 0.25) is 0 Å². The van der Waals surface area contributed by atoms with Crippen LogP contribution in [0.5, 0.6) is 0 Å². The van der Waals surface area contributed by atoms with Crippen LogP contribution in [-0.2, 0) is 5.54 Å². The minimum atomic E-state index is 0.0603. The molecule has 2 unspecified atom stereocenters. The average molecular weight is 274 g/mol. The molecule has 1 N–H and O–H groups in total. The molecule has 0 aliphatic carbocycles. The predicted octanol–water partition coefficient (Wildman–Crippen LogP) is 3.63. The van der Waals surface area contributed by atoms with Gasteiger partial charge in [0.15, 0.2) is 0 Å². The Bertz CT molecular complexity index is 428. The van der Waals surface area contributed by atoms with E-state index >= 15 is 0 Å². The van der Waals surface area contributed by atoms with Gasteiger partial charge >= 0.3 is 0 Å². The Morgan fingerprint density at radius 1 is 1.20 bits per heavy atom. The molecule has 1 aliphatic rings. The first-order chi connectivity index (χ1) is 9.39. The monoisotopic (exact) mass is 274 g/mol. The van der Waals surface area contributed by atoms with Crippen LogP contribution < -0.4 is 5.32 Å². The van der Waals surface area contributed by atoms with E-state index in [2.05, 4.69) is 75.2 Å². The maximum absolute atomic E-state index is 3.81. The Hall–Kier alpha value is -0.860. The first-order valence-corrected chi connectivity index (χ1v) is 7.95. The van der Waals surface area contributed by atoms with Gasteiger partial charge in [-0.25, -0.2) is 0 Å². The molecule has 2 rings (SSSR count). The predicted molar refractivity (Wildman–Crippen MR) is 86.9 cm³/mol. The minimum Gasteiger partial charge on any atom is -0.305 e. The Morgan fingerprint density at radius 2 is 1.85 bits per heavy atom. The van der Waals surface area contributed by atoms with Gasteiger partial charge in [-0.05, 0) is 31.7 Å². The number of nitrogens with zero attached hydrogens (tertiary/aromatic N) is 1. The second kappa shape index (κ2) is 5.87. The molecule has 1 aliphatic heterocycles. The van der Waals surface area contributed by atoms with Crippen LogP contribution in [0.25, 0.3) is 0 Å². The summed E-state index contributed by atoms with van der Waals surface area (Å²) in [5.74, 6) is 0.707. The van der Waals surface area contributed by atoms with E-state index in [-0.39, 0.29) is 11.1 Å². The number of nitrogens with one attached hydrogen (secondary N) is 1. The zero-order valence-electron chi connectivity index (χ0n) is 13.7. The van der Waals surface area contributed by atoms with Gasteiger partial charge in [-0.15, -0.1) is 0 Å². The summed E-state index contributed by atoms with van der Waals surface area (Å²) in [5.41, 5.74) is 1.73. The molecule has 2 nitrogen and oxygen atoms in total. The second-order valence-corrected chi connectivity index (χ2v) is 7.18. The number of hydrogen-bond acceptors (Lipinski definition) is 2. The maximum Gasteiger partial charge on any atom is 0.0535 e. The van der Waals surface area contributed by atoms with Crippen LogP contribution in [0.3, 0.4) is 0 Å². The quantitative estimate of drug-likeness (QED) is 0.902. The van der Waals surface area contributed by atoms with Gasteiger partial charge in [0.1, 0.15) is 0 Å². The molecule has 1 aromatic rings. The van der Waals surface area contributed by atoms with Gasteiger partial charge in [0, 0.05) is 25.2 Å². The van der Waals surface area contributed by atoms with Crippen molar-refractivity contribution < 1.29 is 0 Å². The van der Waals surface area contributed by atoms with E-state index in [0.29, 0.717) is 5.92 Å². The van der Waals surface area contributed by atoms with Crippen molar-refractivity contribution in [3.8, 4) is 0 Å². The van der Waals surface area contributed by atoms with E-state index in [1.54, 1.807) is 0 Å². The molecule has 0 amide bonds. The highest BCUT2D eigenvalue weighted by Crippen LogP contribution is 2.32. The third kappa shape index (κ3) is 3.07. The molecule has 20 heavy (non-hydrogen) atoms. The van der Waals surface area contributed by atoms with E-state index in [9.17, 15) is 0 Å². The molecule has 0 radical (unpaired) electrons. The van der Waals surface area contributed by atoms with Crippen molar-refractivity contribution in [2.45, 2.75) is 52.1 Å². The second-order valence-electron chi connectivity index (χ2n) is 7.18. The first kappa shape index (κ1) is 15.5. The molecule has 0 aromatic heterocycles. The van der Waals surface area contributed by atoms with Crippen molar-refractivity contribution >= 4 is 0 Å². The standard InChI is InChI=1S/C18H30N2/c1-6-17(4)13-19-18(5,14-20(17)12-15(2)3)16-10-8-7-9-11-16/h7-11,15,19H,6,12-14H2,1-5H3. The lowest BCUT2D eigenvalue weighted by molar-refractivity contribution is 0.00852. The zero-order chi connectivity index (χ0) is 14.8. The summed E-state index contributed by atoms with van der Waals surface area (Å²) in [6, 6.07) is 10.9. The lowest BCUT2D eigenvalue weighted by Gasteiger charge is -2.53. The van der Waals surface area contributed by atoms with Crippen LogP contribution in [0.15, 0.2) is 30.3 Å². The molecular weight excluding hydrogens is 244 g/mol. The average Bonchev–Trinajstić information content (AvgIpc) is 2.44. The summed E-state index contributed by atoms with van der Waals surface area (Å²) in [6.45, 7) is 15.0. The molecule has 0 spiro atoms. The summed E-state index contributed by atoms with van der Waals surface area (Å²) in [7, 11) is 0. The summed E-state index contributed by atoms with van der Waals surface area (Å²) < 4.78 is 0. The minimum absolute atomic E-state index is 0.0603. The van der Waals surface area contributed by atoms with Crippen molar-refractivity contribution in [1.29, 1.82) is 0 Å². The Kier molecular flexibility index (Phi) is 4.55. The van der Waals surface area contributed by atoms with E-state index in [4.69, 9.17) is 0 Å². The fourth-order valence-corrected chi connectivity index (χ4v) is 3.20. The van der Waals surface area contributed by atoms with E-state index in [1.807, 2.05) is 0 Å². The molecule has 112 valence electrons. The van der Waals surface area contributed by atoms with Gasteiger partial charge in [0.05, 0.1) is 5.54 Å². The van der Waals surface area contributed by atoms with Crippen molar-refractivity contribution in [2.75, 3.05) is 19.6 Å². The van der Waals surface area contributed by atoms with Crippen molar-refractivity contribution in [3.05, 3.63) is 35.9 Å². The topological polar surface area (TPSA) is 15.3 Å². The molecule has 2 atom stereocenters. The molecular formula is C18H30N2. The summed E-state index contributed by atoms with van der Waals surface area (Å²) in [4.78, 5) is 2.70. The van der Waals surface area contributed by atoms with Crippen molar-refractivity contribution in [2.24, 2.45) is 5.92 Å². The molecule has 1 aromatic carbocycles. The van der Waals surface area contributed by atoms with Crippen molar-refractivity contribution in [1.82, 2.24) is 10.2 Å². The van der Waals surface area contributed by atoms with E-state index < -0.39 is 0 Å². The Morgan fingerprint density at radius 3 is 2.40 bits per heavy atom. The van der Waals surface area contributed by atoms with Crippen molar-refractivity contribution in [3.63, 3.8) is 0 Å². The highest BCUT2D eigenvalue weighted by atomic mass is 15.3. The lowest BCUT2D eigenvalue weighted by atomic mass is 9.82. The van der Waals surface area contributed by atoms with Crippen LogP contribution in [0.1, 0.15) is 46.6 Å². The van der Waals surface area contributed by atoms with Crippen LogP contribution in [0.4, 0.5) is 0 Å². The number of piperazine rings is 1.